The Balaban J connectivity index is 1.45. The van der Waals surface area contributed by atoms with Gasteiger partial charge in [-0.25, -0.2) is 0 Å². The van der Waals surface area contributed by atoms with E-state index in [-0.39, 0.29) is 17.3 Å². The normalized spacial score (nSPS) is 13.3. The average Bonchev–Trinajstić information content (AvgIpc) is 3.46. The second-order valence-corrected chi connectivity index (χ2v) is 7.24. The van der Waals surface area contributed by atoms with Gasteiger partial charge in [-0.1, -0.05) is 17.8 Å². The molecule has 1 fully saturated rings. The number of pyridine rings is 1. The summed E-state index contributed by atoms with van der Waals surface area (Å²) in [6, 6.07) is 9.97. The molecule has 28 heavy (non-hydrogen) atoms. The standard InChI is InChI=1S/C18H16N6O3S/c25-16(20-13-4-1-5-15(9-13)24(26)27)11-28-18-22-21-17(23(18)14-6-7-14)12-3-2-8-19-10-12/h1-5,8-10,14H,6-7,11H2,(H,20,25). The lowest BCUT2D eigenvalue weighted by Gasteiger charge is -2.09. The Bertz CT molecular complexity index is 1020. The van der Waals surface area contributed by atoms with Gasteiger partial charge in [0.05, 0.1) is 10.7 Å². The molecule has 0 bridgehead atoms. The van der Waals surface area contributed by atoms with Crippen LogP contribution in [0.25, 0.3) is 11.4 Å². The van der Waals surface area contributed by atoms with Gasteiger partial charge in [-0.2, -0.15) is 0 Å². The second kappa shape index (κ2) is 7.77. The number of nitro groups is 1. The molecule has 1 aliphatic rings. The fourth-order valence-corrected chi connectivity index (χ4v) is 3.56. The smallest absolute Gasteiger partial charge is 0.271 e. The zero-order valence-corrected chi connectivity index (χ0v) is 15.5. The Kier molecular flexibility index (Phi) is 5.02. The number of nitro benzene ring substituents is 1. The maximum atomic E-state index is 12.3. The molecule has 2 aromatic heterocycles. The minimum absolute atomic E-state index is 0.0694. The molecular formula is C18H16N6O3S. The Morgan fingerprint density at radius 3 is 2.86 bits per heavy atom. The number of hydrogen-bond acceptors (Lipinski definition) is 7. The largest absolute Gasteiger partial charge is 0.325 e. The topological polar surface area (TPSA) is 116 Å². The number of thioether (sulfide) groups is 1. The summed E-state index contributed by atoms with van der Waals surface area (Å²) in [7, 11) is 0. The van der Waals surface area contributed by atoms with Gasteiger partial charge in [-0.05, 0) is 31.0 Å². The molecule has 0 spiro atoms. The molecular weight excluding hydrogens is 380 g/mol. The molecule has 1 N–H and O–H groups in total. The Morgan fingerprint density at radius 2 is 2.14 bits per heavy atom. The predicted molar refractivity (Wildman–Crippen MR) is 104 cm³/mol. The second-order valence-electron chi connectivity index (χ2n) is 6.29. The summed E-state index contributed by atoms with van der Waals surface area (Å²) in [5.41, 5.74) is 1.20. The van der Waals surface area contributed by atoms with Crippen LogP contribution in [-0.4, -0.2) is 36.3 Å². The lowest BCUT2D eigenvalue weighted by molar-refractivity contribution is -0.384. The minimum Gasteiger partial charge on any atom is -0.325 e. The number of amides is 1. The van der Waals surface area contributed by atoms with Gasteiger partial charge in [-0.15, -0.1) is 10.2 Å². The molecule has 0 radical (unpaired) electrons. The summed E-state index contributed by atoms with van der Waals surface area (Å²) in [5.74, 6) is 0.608. The summed E-state index contributed by atoms with van der Waals surface area (Å²) in [4.78, 5) is 26.7. The summed E-state index contributed by atoms with van der Waals surface area (Å²) >= 11 is 1.29. The van der Waals surface area contributed by atoms with Gasteiger partial charge in [-0.3, -0.25) is 24.5 Å². The Labute approximate surface area is 164 Å². The molecule has 10 heteroatoms. The van der Waals surface area contributed by atoms with Crippen molar-refractivity contribution in [2.75, 3.05) is 11.1 Å². The minimum atomic E-state index is -0.498. The molecule has 0 atom stereocenters. The molecule has 1 aliphatic carbocycles. The zero-order chi connectivity index (χ0) is 19.5. The van der Waals surface area contributed by atoms with Crippen LogP contribution in [0.2, 0.25) is 0 Å². The summed E-state index contributed by atoms with van der Waals surface area (Å²) in [6.07, 6.45) is 5.55. The highest BCUT2D eigenvalue weighted by Gasteiger charge is 2.30. The SMILES string of the molecule is O=C(CSc1nnc(-c2cccnc2)n1C1CC1)Nc1cccc([N+](=O)[O-])c1. The third kappa shape index (κ3) is 4.01. The summed E-state index contributed by atoms with van der Waals surface area (Å²) in [5, 5.41) is 22.7. The molecule has 0 aliphatic heterocycles. The van der Waals surface area contributed by atoms with Crippen LogP contribution in [0.1, 0.15) is 18.9 Å². The first kappa shape index (κ1) is 18.1. The highest BCUT2D eigenvalue weighted by atomic mass is 32.2. The molecule has 0 unspecified atom stereocenters. The van der Waals surface area contributed by atoms with Crippen LogP contribution in [-0.2, 0) is 4.79 Å². The van der Waals surface area contributed by atoms with Gasteiger partial charge >= 0.3 is 0 Å². The first-order chi connectivity index (χ1) is 13.6. The Hall–Kier alpha value is -3.27. The highest BCUT2D eigenvalue weighted by Crippen LogP contribution is 2.40. The lowest BCUT2D eigenvalue weighted by Crippen LogP contribution is -2.14. The third-order valence-electron chi connectivity index (χ3n) is 4.17. The molecule has 2 heterocycles. The van der Waals surface area contributed by atoms with Crippen LogP contribution >= 0.6 is 11.8 Å². The first-order valence-electron chi connectivity index (χ1n) is 8.64. The maximum Gasteiger partial charge on any atom is 0.271 e. The van der Waals surface area contributed by atoms with Crippen molar-refractivity contribution >= 4 is 29.0 Å². The van der Waals surface area contributed by atoms with E-state index in [1.807, 2.05) is 12.1 Å². The maximum absolute atomic E-state index is 12.3. The van der Waals surface area contributed by atoms with Gasteiger partial charge in [0.1, 0.15) is 0 Å². The fourth-order valence-electron chi connectivity index (χ4n) is 2.75. The van der Waals surface area contributed by atoms with Crippen LogP contribution in [0.4, 0.5) is 11.4 Å². The molecule has 4 rings (SSSR count). The lowest BCUT2D eigenvalue weighted by atomic mass is 10.3. The fraction of sp³-hybridized carbons (Fsp3) is 0.222. The molecule has 9 nitrogen and oxygen atoms in total. The number of non-ortho nitro benzene ring substituents is 1. The average molecular weight is 396 g/mol. The number of nitrogens with one attached hydrogen (secondary N) is 1. The Morgan fingerprint density at radius 1 is 1.29 bits per heavy atom. The van der Waals surface area contributed by atoms with Crippen LogP contribution in [0.15, 0.2) is 53.9 Å². The van der Waals surface area contributed by atoms with Crippen molar-refractivity contribution in [1.82, 2.24) is 19.7 Å². The summed E-state index contributed by atoms with van der Waals surface area (Å²) < 4.78 is 2.06. The van der Waals surface area contributed by atoms with E-state index < -0.39 is 4.92 Å². The summed E-state index contributed by atoms with van der Waals surface area (Å²) in [6.45, 7) is 0. The molecule has 3 aromatic rings. The van der Waals surface area contributed by atoms with Crippen LogP contribution < -0.4 is 5.32 Å². The van der Waals surface area contributed by atoms with Crippen molar-refractivity contribution in [3.63, 3.8) is 0 Å². The van der Waals surface area contributed by atoms with Crippen molar-refractivity contribution in [2.24, 2.45) is 0 Å². The number of nitrogens with zero attached hydrogens (tertiary/aromatic N) is 5. The van der Waals surface area contributed by atoms with Crippen molar-refractivity contribution in [1.29, 1.82) is 0 Å². The molecule has 1 aromatic carbocycles. The van der Waals surface area contributed by atoms with E-state index in [1.165, 1.54) is 30.0 Å². The van der Waals surface area contributed by atoms with E-state index in [0.29, 0.717) is 16.9 Å². The zero-order valence-electron chi connectivity index (χ0n) is 14.7. The van der Waals surface area contributed by atoms with Crippen molar-refractivity contribution in [3.8, 4) is 11.4 Å². The van der Waals surface area contributed by atoms with Crippen molar-refractivity contribution in [2.45, 2.75) is 24.0 Å². The van der Waals surface area contributed by atoms with Crippen LogP contribution in [0, 0.1) is 10.1 Å². The van der Waals surface area contributed by atoms with E-state index in [4.69, 9.17) is 0 Å². The van der Waals surface area contributed by atoms with Gasteiger partial charge in [0, 0.05) is 41.8 Å². The number of aromatic nitrogens is 4. The van der Waals surface area contributed by atoms with Gasteiger partial charge in [0.15, 0.2) is 11.0 Å². The number of benzene rings is 1. The highest BCUT2D eigenvalue weighted by molar-refractivity contribution is 7.99. The molecule has 0 saturated heterocycles. The molecule has 1 saturated carbocycles. The number of carbonyl (C=O) groups excluding carboxylic acids is 1. The monoisotopic (exact) mass is 396 g/mol. The van der Waals surface area contributed by atoms with Gasteiger partial charge in [0.2, 0.25) is 5.91 Å². The van der Waals surface area contributed by atoms with Gasteiger partial charge < -0.3 is 5.32 Å². The van der Waals surface area contributed by atoms with Crippen LogP contribution in [0.5, 0.6) is 0 Å². The number of rotatable bonds is 7. The van der Waals surface area contributed by atoms with Crippen LogP contribution in [0.3, 0.4) is 0 Å². The number of anilines is 1. The van der Waals surface area contributed by atoms with Crippen molar-refractivity contribution in [3.05, 3.63) is 58.9 Å². The predicted octanol–water partition coefficient (Wildman–Crippen LogP) is 3.31. The first-order valence-corrected chi connectivity index (χ1v) is 9.63. The third-order valence-corrected chi connectivity index (χ3v) is 5.11. The van der Waals surface area contributed by atoms with Crippen molar-refractivity contribution < 1.29 is 9.72 Å². The number of hydrogen-bond donors (Lipinski definition) is 1. The van der Waals surface area contributed by atoms with E-state index in [2.05, 4.69) is 25.1 Å². The molecule has 142 valence electrons. The quantitative estimate of drug-likeness (QED) is 0.370. The molecule has 1 amide bonds. The van der Waals surface area contributed by atoms with Gasteiger partial charge in [0.25, 0.3) is 5.69 Å². The van der Waals surface area contributed by atoms with E-state index in [0.717, 1.165) is 24.2 Å². The van der Waals surface area contributed by atoms with E-state index in [1.54, 1.807) is 18.5 Å². The van der Waals surface area contributed by atoms with E-state index in [9.17, 15) is 14.9 Å². The number of carbonyl (C=O) groups is 1. The van der Waals surface area contributed by atoms with E-state index >= 15 is 0 Å².